The van der Waals surface area contributed by atoms with Crippen molar-refractivity contribution >= 4 is 29.9 Å². The number of nitrogens with one attached hydrogen (secondary N) is 1. The van der Waals surface area contributed by atoms with Crippen LogP contribution >= 0.6 is 12.6 Å². The topological polar surface area (TPSA) is 106 Å². The summed E-state index contributed by atoms with van der Waals surface area (Å²) in [6, 6.07) is 5.32. The van der Waals surface area contributed by atoms with Crippen molar-refractivity contribution in [3.63, 3.8) is 0 Å². The van der Waals surface area contributed by atoms with Gasteiger partial charge >= 0.3 is 0 Å². The Kier molecular flexibility index (Phi) is 7.55. The molecule has 1 aromatic rings. The molecule has 1 aromatic carbocycles. The molecule has 0 aliphatic carbocycles. The number of carbonyl (C=O) groups excluding carboxylic acids is 1. The lowest BCUT2D eigenvalue weighted by Gasteiger charge is -2.29. The molecular formula is C19H29N5O2S. The zero-order valence-corrected chi connectivity index (χ0v) is 17.1. The molecule has 1 saturated heterocycles. The van der Waals surface area contributed by atoms with Crippen LogP contribution in [0.4, 0.5) is 5.69 Å². The van der Waals surface area contributed by atoms with Gasteiger partial charge in [-0.15, -0.1) is 12.6 Å². The van der Waals surface area contributed by atoms with Gasteiger partial charge < -0.3 is 26.4 Å². The maximum Gasteiger partial charge on any atom is 0.270 e. The zero-order valence-electron chi connectivity index (χ0n) is 16.2. The summed E-state index contributed by atoms with van der Waals surface area (Å²) in [4.78, 5) is 19.8. The Labute approximate surface area is 166 Å². The first-order valence-corrected chi connectivity index (χ1v) is 9.39. The molecule has 1 amide bonds. The van der Waals surface area contributed by atoms with Gasteiger partial charge in [0, 0.05) is 34.9 Å². The highest BCUT2D eigenvalue weighted by atomic mass is 32.1. The monoisotopic (exact) mass is 391 g/mol. The van der Waals surface area contributed by atoms with Gasteiger partial charge in [0.2, 0.25) is 0 Å². The molecule has 5 N–H and O–H groups in total. The number of hydrogen-bond donors (Lipinski definition) is 4. The third-order valence-corrected chi connectivity index (χ3v) is 5.08. The predicted octanol–water partition coefficient (Wildman–Crippen LogP) is 1.40. The molecule has 1 aliphatic heterocycles. The van der Waals surface area contributed by atoms with E-state index in [1.807, 2.05) is 0 Å². The average Bonchev–Trinajstić information content (AvgIpc) is 2.64. The van der Waals surface area contributed by atoms with Gasteiger partial charge in [0.15, 0.2) is 0 Å². The Balaban J connectivity index is 2.12. The van der Waals surface area contributed by atoms with Gasteiger partial charge in [-0.1, -0.05) is 0 Å². The number of carbonyl (C=O) groups is 1. The highest BCUT2D eigenvalue weighted by molar-refractivity contribution is 7.84. The molecule has 7 nitrogen and oxygen atoms in total. The summed E-state index contributed by atoms with van der Waals surface area (Å²) in [5.41, 5.74) is 13.7. The normalized spacial score (nSPS) is 17.4. The number of rotatable bonds is 6. The molecule has 1 heterocycles. The van der Waals surface area contributed by atoms with E-state index < -0.39 is 0 Å². The Hall–Kier alpha value is -2.19. The molecule has 1 aliphatic rings. The lowest BCUT2D eigenvalue weighted by Crippen LogP contribution is -2.45. The van der Waals surface area contributed by atoms with E-state index >= 15 is 0 Å². The van der Waals surface area contributed by atoms with Crippen LogP contribution in [-0.4, -0.2) is 56.4 Å². The molecule has 2 rings (SSSR count). The van der Waals surface area contributed by atoms with Crippen LogP contribution in [0.3, 0.4) is 0 Å². The molecule has 0 unspecified atom stereocenters. The number of ether oxygens (including phenoxy) is 1. The second-order valence-corrected chi connectivity index (χ2v) is 7.33. The Morgan fingerprint density at radius 1 is 1.41 bits per heavy atom. The number of allylic oxidation sites excluding steroid dienone is 1. The Morgan fingerprint density at radius 2 is 2.07 bits per heavy atom. The van der Waals surface area contributed by atoms with E-state index in [1.165, 1.54) is 0 Å². The smallest absolute Gasteiger partial charge is 0.270 e. The van der Waals surface area contributed by atoms with Crippen molar-refractivity contribution in [3.8, 4) is 5.75 Å². The molecule has 148 valence electrons. The highest BCUT2D eigenvalue weighted by Crippen LogP contribution is 2.22. The van der Waals surface area contributed by atoms with Crippen LogP contribution in [0.1, 0.15) is 25.3 Å². The number of nitrogens with zero attached hydrogens (tertiary/aromatic N) is 2. The lowest BCUT2D eigenvalue weighted by atomic mass is 10.0. The van der Waals surface area contributed by atoms with Crippen LogP contribution in [0.2, 0.25) is 0 Å². The Morgan fingerprint density at radius 3 is 2.67 bits per heavy atom. The molecular weight excluding hydrogens is 362 g/mol. The van der Waals surface area contributed by atoms with Crippen molar-refractivity contribution in [2.24, 2.45) is 10.7 Å². The molecule has 0 aromatic heterocycles. The second kappa shape index (κ2) is 9.66. The molecule has 27 heavy (non-hydrogen) atoms. The van der Waals surface area contributed by atoms with E-state index in [0.29, 0.717) is 33.3 Å². The zero-order chi connectivity index (χ0) is 20.0. The summed E-state index contributed by atoms with van der Waals surface area (Å²) in [6.07, 6.45) is 1.85. The number of nitrogens with two attached hydrogens (primary N) is 2. The molecule has 8 heteroatoms. The van der Waals surface area contributed by atoms with Crippen LogP contribution in [0.5, 0.6) is 5.75 Å². The second-order valence-electron chi connectivity index (χ2n) is 6.79. The minimum Gasteiger partial charge on any atom is -0.488 e. The molecule has 0 bridgehead atoms. The number of thiol groups is 1. The van der Waals surface area contributed by atoms with Crippen molar-refractivity contribution in [1.29, 1.82) is 0 Å². The fraction of sp³-hybridized carbons (Fsp3) is 0.474. The number of anilines is 1. The number of piperidine rings is 1. The summed E-state index contributed by atoms with van der Waals surface area (Å²) in [6.45, 7) is 3.94. The van der Waals surface area contributed by atoms with Gasteiger partial charge in [-0.2, -0.15) is 0 Å². The summed E-state index contributed by atoms with van der Waals surface area (Å²) in [5, 5.41) is 3.07. The van der Waals surface area contributed by atoms with E-state index in [2.05, 4.69) is 34.9 Å². The predicted molar refractivity (Wildman–Crippen MR) is 113 cm³/mol. The van der Waals surface area contributed by atoms with Gasteiger partial charge in [0.25, 0.3) is 5.91 Å². The number of hydrogen-bond acceptors (Lipinski definition) is 7. The van der Waals surface area contributed by atoms with E-state index in [0.717, 1.165) is 25.9 Å². The van der Waals surface area contributed by atoms with Gasteiger partial charge in [-0.05, 0) is 58.1 Å². The molecule has 1 fully saturated rings. The van der Waals surface area contributed by atoms with Crippen molar-refractivity contribution < 1.29 is 9.53 Å². The average molecular weight is 392 g/mol. The van der Waals surface area contributed by atoms with Crippen LogP contribution in [0, 0.1) is 0 Å². The first-order valence-electron chi connectivity index (χ1n) is 8.95. The van der Waals surface area contributed by atoms with Crippen LogP contribution in [0.25, 0.3) is 0 Å². The molecule has 0 spiro atoms. The van der Waals surface area contributed by atoms with Gasteiger partial charge in [0.05, 0.1) is 0 Å². The van der Waals surface area contributed by atoms with Crippen molar-refractivity contribution in [1.82, 2.24) is 10.2 Å². The minimum atomic E-state index is -0.219. The number of likely N-dealkylation sites (tertiary alicyclic amines) is 1. The first-order chi connectivity index (χ1) is 12.8. The standard InChI is InChI=1S/C19H29N5O2S/c1-12(20)17(27)11-26-14-4-5-16(21)15(10-14)18(22-2)19(25)23-13-6-8-24(3)9-7-13/h4-5,10,13,27H,6-9,11,20-21H2,1-3H3,(H,23,25)/b17-12-,22-18?. The summed E-state index contributed by atoms with van der Waals surface area (Å²) in [5.74, 6) is 0.351. The summed E-state index contributed by atoms with van der Waals surface area (Å²) >= 11 is 4.29. The Bertz CT molecular complexity index is 736. The van der Waals surface area contributed by atoms with Gasteiger partial charge in [0.1, 0.15) is 18.1 Å². The maximum atomic E-state index is 12.8. The van der Waals surface area contributed by atoms with Crippen molar-refractivity contribution in [2.45, 2.75) is 25.8 Å². The third kappa shape index (κ3) is 5.90. The number of aliphatic imine (C=N–C) groups is 1. The van der Waals surface area contributed by atoms with E-state index in [4.69, 9.17) is 16.2 Å². The van der Waals surface area contributed by atoms with Gasteiger partial charge in [-0.25, -0.2) is 0 Å². The van der Waals surface area contributed by atoms with Crippen molar-refractivity contribution in [2.75, 3.05) is 39.5 Å². The van der Waals surface area contributed by atoms with Gasteiger partial charge in [-0.3, -0.25) is 9.79 Å². The first kappa shape index (κ1) is 21.1. The van der Waals surface area contributed by atoms with E-state index in [9.17, 15) is 4.79 Å². The third-order valence-electron chi connectivity index (χ3n) is 4.60. The van der Waals surface area contributed by atoms with Crippen LogP contribution in [-0.2, 0) is 4.79 Å². The summed E-state index contributed by atoms with van der Waals surface area (Å²) < 4.78 is 5.70. The molecule has 0 atom stereocenters. The highest BCUT2D eigenvalue weighted by Gasteiger charge is 2.23. The minimum absolute atomic E-state index is 0.149. The lowest BCUT2D eigenvalue weighted by molar-refractivity contribution is -0.115. The fourth-order valence-electron chi connectivity index (χ4n) is 2.85. The fourth-order valence-corrected chi connectivity index (χ4v) is 2.91. The maximum absolute atomic E-state index is 12.8. The molecule has 0 saturated carbocycles. The SMILES string of the molecule is CN=C(C(=O)NC1CCN(C)CC1)c1cc(OC/C(S)=C(\C)N)ccc1N. The number of amides is 1. The summed E-state index contributed by atoms with van der Waals surface area (Å²) in [7, 11) is 3.67. The van der Waals surface area contributed by atoms with Crippen LogP contribution < -0.4 is 21.5 Å². The quantitative estimate of drug-likeness (QED) is 0.333. The molecule has 0 radical (unpaired) electrons. The van der Waals surface area contributed by atoms with E-state index in [-0.39, 0.29) is 18.6 Å². The van der Waals surface area contributed by atoms with Crippen molar-refractivity contribution in [3.05, 3.63) is 34.4 Å². The number of nitrogen functional groups attached to an aromatic ring is 1. The largest absolute Gasteiger partial charge is 0.488 e. The van der Waals surface area contributed by atoms with Crippen LogP contribution in [0.15, 0.2) is 33.8 Å². The van der Waals surface area contributed by atoms with E-state index in [1.54, 1.807) is 32.2 Å². The number of benzene rings is 1.